The Morgan fingerprint density at radius 2 is 1.61 bits per heavy atom. The molecule has 31 heavy (non-hydrogen) atoms. The number of alkyl carbamates (subject to hydrolysis) is 1. The molecule has 2 aromatic rings. The standard InChI is InChI=1S/C23H26N2O6/c1-14(20(26)25-23(2,13-30-3)21(27)28)24-22(29)31-12-19-17-10-6-4-8-15(17)16-9-5-7-11-18(16)19/h4-11,14,19H,12-13H2,1-3H3,(H,24,29)(H,25,26)(H,27,28). The van der Waals surface area contributed by atoms with E-state index in [1.165, 1.54) is 21.0 Å². The quantitative estimate of drug-likeness (QED) is 0.598. The van der Waals surface area contributed by atoms with Crippen LogP contribution in [0.4, 0.5) is 4.79 Å². The van der Waals surface area contributed by atoms with Gasteiger partial charge in [-0.3, -0.25) is 4.79 Å². The minimum absolute atomic E-state index is 0.0979. The Morgan fingerprint density at radius 1 is 1.06 bits per heavy atom. The van der Waals surface area contributed by atoms with Crippen molar-refractivity contribution in [3.8, 4) is 11.1 Å². The minimum Gasteiger partial charge on any atom is -0.479 e. The van der Waals surface area contributed by atoms with Crippen LogP contribution in [0.3, 0.4) is 0 Å². The summed E-state index contributed by atoms with van der Waals surface area (Å²) in [6.07, 6.45) is -0.756. The van der Waals surface area contributed by atoms with Gasteiger partial charge in [-0.15, -0.1) is 0 Å². The van der Waals surface area contributed by atoms with Crippen LogP contribution in [0, 0.1) is 0 Å². The van der Waals surface area contributed by atoms with E-state index in [9.17, 15) is 19.5 Å². The molecule has 0 aliphatic heterocycles. The first kappa shape index (κ1) is 22.3. The molecule has 8 nitrogen and oxygen atoms in total. The third kappa shape index (κ3) is 4.69. The summed E-state index contributed by atoms with van der Waals surface area (Å²) in [5.41, 5.74) is 2.79. The zero-order valence-electron chi connectivity index (χ0n) is 17.7. The SMILES string of the molecule is COCC(C)(NC(=O)C(C)NC(=O)OCC1c2ccccc2-c2ccccc21)C(=O)O. The number of hydrogen-bond acceptors (Lipinski definition) is 5. The zero-order chi connectivity index (χ0) is 22.6. The lowest BCUT2D eigenvalue weighted by atomic mass is 9.98. The van der Waals surface area contributed by atoms with E-state index in [0.29, 0.717) is 0 Å². The van der Waals surface area contributed by atoms with E-state index < -0.39 is 29.6 Å². The highest BCUT2D eigenvalue weighted by Gasteiger charge is 2.36. The van der Waals surface area contributed by atoms with Gasteiger partial charge in [0.2, 0.25) is 5.91 Å². The smallest absolute Gasteiger partial charge is 0.407 e. The summed E-state index contributed by atoms with van der Waals surface area (Å²) in [6, 6.07) is 15.0. The van der Waals surface area contributed by atoms with Crippen molar-refractivity contribution in [2.24, 2.45) is 0 Å². The molecule has 0 fully saturated rings. The second-order valence-electron chi connectivity index (χ2n) is 7.75. The summed E-state index contributed by atoms with van der Waals surface area (Å²) in [7, 11) is 1.34. The van der Waals surface area contributed by atoms with E-state index in [0.717, 1.165) is 22.3 Å². The fourth-order valence-electron chi connectivity index (χ4n) is 3.70. The number of aliphatic carboxylic acids is 1. The first-order valence-corrected chi connectivity index (χ1v) is 9.92. The Labute approximate surface area is 180 Å². The van der Waals surface area contributed by atoms with Crippen molar-refractivity contribution < 1.29 is 29.0 Å². The number of rotatable bonds is 8. The molecule has 3 N–H and O–H groups in total. The number of fused-ring (bicyclic) bond motifs is 3. The molecule has 1 aliphatic rings. The topological polar surface area (TPSA) is 114 Å². The fourth-order valence-corrected chi connectivity index (χ4v) is 3.70. The van der Waals surface area contributed by atoms with Gasteiger partial charge in [-0.2, -0.15) is 0 Å². The molecule has 1 aliphatic carbocycles. The van der Waals surface area contributed by atoms with Crippen LogP contribution < -0.4 is 10.6 Å². The molecule has 2 aromatic carbocycles. The minimum atomic E-state index is -1.61. The molecular weight excluding hydrogens is 400 g/mol. The van der Waals surface area contributed by atoms with Crippen LogP contribution in [0.15, 0.2) is 48.5 Å². The Kier molecular flexibility index (Phi) is 6.60. The summed E-state index contributed by atoms with van der Waals surface area (Å²) in [6.45, 7) is 2.68. The average molecular weight is 426 g/mol. The van der Waals surface area contributed by atoms with E-state index in [4.69, 9.17) is 9.47 Å². The van der Waals surface area contributed by atoms with E-state index in [1.54, 1.807) is 0 Å². The lowest BCUT2D eigenvalue weighted by Gasteiger charge is -2.27. The molecule has 0 spiro atoms. The molecule has 2 unspecified atom stereocenters. The number of methoxy groups -OCH3 is 1. The zero-order valence-corrected chi connectivity index (χ0v) is 17.7. The maximum atomic E-state index is 12.4. The highest BCUT2D eigenvalue weighted by molar-refractivity contribution is 5.91. The van der Waals surface area contributed by atoms with Crippen molar-refractivity contribution in [2.45, 2.75) is 31.3 Å². The van der Waals surface area contributed by atoms with Gasteiger partial charge >= 0.3 is 12.1 Å². The van der Waals surface area contributed by atoms with Gasteiger partial charge in [0, 0.05) is 13.0 Å². The van der Waals surface area contributed by atoms with Crippen molar-refractivity contribution in [1.29, 1.82) is 0 Å². The van der Waals surface area contributed by atoms with Crippen LogP contribution in [0.2, 0.25) is 0 Å². The number of benzene rings is 2. The third-order valence-corrected chi connectivity index (χ3v) is 5.38. The molecule has 0 saturated heterocycles. The Hall–Kier alpha value is -3.39. The molecule has 2 amide bonds. The molecule has 0 heterocycles. The lowest BCUT2D eigenvalue weighted by molar-refractivity contribution is -0.149. The molecule has 0 aromatic heterocycles. The van der Waals surface area contributed by atoms with Crippen molar-refractivity contribution in [3.63, 3.8) is 0 Å². The van der Waals surface area contributed by atoms with E-state index in [1.807, 2.05) is 48.5 Å². The van der Waals surface area contributed by atoms with Crippen LogP contribution >= 0.6 is 0 Å². The fraction of sp³-hybridized carbons (Fsp3) is 0.348. The predicted molar refractivity (Wildman–Crippen MR) is 114 cm³/mol. The first-order valence-electron chi connectivity index (χ1n) is 9.92. The third-order valence-electron chi connectivity index (χ3n) is 5.38. The van der Waals surface area contributed by atoms with Gasteiger partial charge < -0.3 is 25.2 Å². The second-order valence-corrected chi connectivity index (χ2v) is 7.75. The molecule has 0 bridgehead atoms. The molecule has 0 saturated carbocycles. The summed E-state index contributed by atoms with van der Waals surface area (Å²) < 4.78 is 10.3. The Bertz CT molecular complexity index is 946. The van der Waals surface area contributed by atoms with Crippen LogP contribution in [-0.2, 0) is 19.1 Å². The summed E-state index contributed by atoms with van der Waals surface area (Å²) in [5, 5.41) is 14.2. The van der Waals surface area contributed by atoms with Crippen LogP contribution in [0.1, 0.15) is 30.9 Å². The van der Waals surface area contributed by atoms with Crippen LogP contribution in [0.25, 0.3) is 11.1 Å². The number of ether oxygens (including phenoxy) is 2. The molecule has 3 rings (SSSR count). The molecule has 8 heteroatoms. The normalized spacial score (nSPS) is 15.2. The van der Waals surface area contributed by atoms with Crippen molar-refractivity contribution >= 4 is 18.0 Å². The van der Waals surface area contributed by atoms with Gasteiger partial charge in [0.15, 0.2) is 5.54 Å². The van der Waals surface area contributed by atoms with E-state index in [2.05, 4.69) is 10.6 Å². The van der Waals surface area contributed by atoms with Gasteiger partial charge in [0.1, 0.15) is 12.6 Å². The van der Waals surface area contributed by atoms with Crippen molar-refractivity contribution in [1.82, 2.24) is 10.6 Å². The van der Waals surface area contributed by atoms with Gasteiger partial charge in [0.05, 0.1) is 6.61 Å². The van der Waals surface area contributed by atoms with Gasteiger partial charge in [-0.25, -0.2) is 9.59 Å². The number of amides is 2. The number of carbonyl (C=O) groups excluding carboxylic acids is 2. The summed E-state index contributed by atoms with van der Waals surface area (Å²) in [5.74, 6) is -1.99. The predicted octanol–water partition coefficient (Wildman–Crippen LogP) is 2.52. The molecular formula is C23H26N2O6. The van der Waals surface area contributed by atoms with Gasteiger partial charge in [0.25, 0.3) is 0 Å². The van der Waals surface area contributed by atoms with Crippen LogP contribution in [0.5, 0.6) is 0 Å². The van der Waals surface area contributed by atoms with Crippen molar-refractivity contribution in [3.05, 3.63) is 59.7 Å². The maximum absolute atomic E-state index is 12.4. The monoisotopic (exact) mass is 426 g/mol. The maximum Gasteiger partial charge on any atom is 0.407 e. The molecule has 164 valence electrons. The van der Waals surface area contributed by atoms with E-state index in [-0.39, 0.29) is 19.1 Å². The number of carboxylic acid groups (broad SMARTS) is 1. The van der Waals surface area contributed by atoms with Crippen LogP contribution in [-0.4, -0.2) is 55.0 Å². The lowest BCUT2D eigenvalue weighted by Crippen LogP contribution is -2.59. The summed E-state index contributed by atoms with van der Waals surface area (Å²) in [4.78, 5) is 36.1. The Morgan fingerprint density at radius 3 is 2.13 bits per heavy atom. The van der Waals surface area contributed by atoms with Gasteiger partial charge in [-0.05, 0) is 36.1 Å². The highest BCUT2D eigenvalue weighted by Crippen LogP contribution is 2.44. The second kappa shape index (κ2) is 9.18. The van der Waals surface area contributed by atoms with Gasteiger partial charge in [-0.1, -0.05) is 48.5 Å². The highest BCUT2D eigenvalue weighted by atomic mass is 16.5. The largest absolute Gasteiger partial charge is 0.479 e. The molecule has 0 radical (unpaired) electrons. The average Bonchev–Trinajstić information content (AvgIpc) is 3.06. The number of hydrogen-bond donors (Lipinski definition) is 3. The number of carboxylic acids is 1. The van der Waals surface area contributed by atoms with E-state index >= 15 is 0 Å². The first-order chi connectivity index (χ1) is 14.8. The molecule has 2 atom stereocenters. The van der Waals surface area contributed by atoms with Crippen molar-refractivity contribution in [2.75, 3.05) is 20.3 Å². The number of carbonyl (C=O) groups is 3. The summed E-state index contributed by atoms with van der Waals surface area (Å²) >= 11 is 0. The number of nitrogens with one attached hydrogen (secondary N) is 2. The Balaban J connectivity index is 1.60.